The molecular formula is C14H8BrClFNO. The summed E-state index contributed by atoms with van der Waals surface area (Å²) >= 11 is 9.20. The second-order valence-electron chi connectivity index (χ2n) is 3.81. The molecule has 0 aliphatic heterocycles. The molecule has 0 amide bonds. The van der Waals surface area contributed by atoms with Crippen LogP contribution in [0.15, 0.2) is 40.9 Å². The smallest absolute Gasteiger partial charge is 0.146 e. The number of halogens is 3. The summed E-state index contributed by atoms with van der Waals surface area (Å²) in [6.45, 7) is 0. The second kappa shape index (κ2) is 6.05. The Kier molecular flexibility index (Phi) is 4.41. The second-order valence-corrected chi connectivity index (χ2v) is 5.13. The predicted octanol–water partition coefficient (Wildman–Crippen LogP) is 5.10. The van der Waals surface area contributed by atoms with Gasteiger partial charge in [0.15, 0.2) is 0 Å². The van der Waals surface area contributed by atoms with Gasteiger partial charge in [-0.05, 0) is 29.8 Å². The van der Waals surface area contributed by atoms with Crippen LogP contribution in [0.1, 0.15) is 5.56 Å². The van der Waals surface area contributed by atoms with Crippen molar-refractivity contribution in [3.05, 3.63) is 57.3 Å². The molecule has 2 aromatic carbocycles. The van der Waals surface area contributed by atoms with E-state index in [1.807, 2.05) is 6.07 Å². The van der Waals surface area contributed by atoms with Crippen molar-refractivity contribution in [2.45, 2.75) is 6.42 Å². The van der Waals surface area contributed by atoms with E-state index in [-0.39, 0.29) is 6.42 Å². The zero-order chi connectivity index (χ0) is 13.8. The minimum atomic E-state index is -0.409. The summed E-state index contributed by atoms with van der Waals surface area (Å²) in [6.07, 6.45) is 0.264. The lowest BCUT2D eigenvalue weighted by Gasteiger charge is -2.09. The molecule has 0 bridgehead atoms. The van der Waals surface area contributed by atoms with Gasteiger partial charge in [0.05, 0.1) is 17.5 Å². The molecule has 2 aromatic rings. The summed E-state index contributed by atoms with van der Waals surface area (Å²) in [5, 5.41) is 9.07. The average molecular weight is 341 g/mol. The van der Waals surface area contributed by atoms with Crippen LogP contribution in [0.3, 0.4) is 0 Å². The largest absolute Gasteiger partial charge is 0.456 e. The Labute approximate surface area is 123 Å². The number of hydrogen-bond donors (Lipinski definition) is 0. The Morgan fingerprint density at radius 1 is 1.26 bits per heavy atom. The number of nitriles is 1. The standard InChI is InChI=1S/C14H8BrClFNO/c15-10-6-11(17)8-12(7-10)19-14-5-9(3-4-18)1-2-13(14)16/h1-2,5-8H,3H2. The van der Waals surface area contributed by atoms with Crippen molar-refractivity contribution in [1.82, 2.24) is 0 Å². The monoisotopic (exact) mass is 339 g/mol. The maximum Gasteiger partial charge on any atom is 0.146 e. The van der Waals surface area contributed by atoms with E-state index in [0.717, 1.165) is 5.56 Å². The predicted molar refractivity (Wildman–Crippen MR) is 74.9 cm³/mol. The van der Waals surface area contributed by atoms with E-state index >= 15 is 0 Å². The first-order valence-corrected chi connectivity index (χ1v) is 6.55. The highest BCUT2D eigenvalue weighted by molar-refractivity contribution is 9.10. The first kappa shape index (κ1) is 13.9. The van der Waals surface area contributed by atoms with Crippen molar-refractivity contribution in [3.8, 4) is 17.6 Å². The normalized spacial score (nSPS) is 10.0. The minimum absolute atomic E-state index is 0.264. The average Bonchev–Trinajstić information content (AvgIpc) is 2.32. The van der Waals surface area contributed by atoms with Gasteiger partial charge >= 0.3 is 0 Å². The molecule has 5 heteroatoms. The van der Waals surface area contributed by atoms with E-state index in [0.29, 0.717) is 21.0 Å². The minimum Gasteiger partial charge on any atom is -0.456 e. The molecule has 0 saturated heterocycles. The molecule has 2 rings (SSSR count). The Morgan fingerprint density at radius 2 is 2.05 bits per heavy atom. The zero-order valence-electron chi connectivity index (χ0n) is 9.66. The van der Waals surface area contributed by atoms with Crippen molar-refractivity contribution in [3.63, 3.8) is 0 Å². The van der Waals surface area contributed by atoms with E-state index in [9.17, 15) is 4.39 Å². The highest BCUT2D eigenvalue weighted by Crippen LogP contribution is 2.32. The summed E-state index contributed by atoms with van der Waals surface area (Å²) in [4.78, 5) is 0. The van der Waals surface area contributed by atoms with Gasteiger partial charge in [-0.3, -0.25) is 0 Å². The summed E-state index contributed by atoms with van der Waals surface area (Å²) in [5.74, 6) is 0.323. The molecule has 0 aliphatic rings. The van der Waals surface area contributed by atoms with Crippen LogP contribution >= 0.6 is 27.5 Å². The van der Waals surface area contributed by atoms with Gasteiger partial charge in [0, 0.05) is 10.5 Å². The molecule has 0 aromatic heterocycles. The molecule has 0 heterocycles. The Balaban J connectivity index is 2.32. The summed E-state index contributed by atoms with van der Waals surface area (Å²) < 4.78 is 19.4. The third-order valence-electron chi connectivity index (χ3n) is 2.34. The van der Waals surface area contributed by atoms with Gasteiger partial charge in [0.2, 0.25) is 0 Å². The van der Waals surface area contributed by atoms with E-state index < -0.39 is 5.82 Å². The van der Waals surface area contributed by atoms with E-state index in [4.69, 9.17) is 21.6 Å². The van der Waals surface area contributed by atoms with Crippen molar-refractivity contribution < 1.29 is 9.13 Å². The molecule has 0 aliphatic carbocycles. The number of nitrogens with zero attached hydrogens (tertiary/aromatic N) is 1. The topological polar surface area (TPSA) is 33.0 Å². The number of rotatable bonds is 3. The number of benzene rings is 2. The first-order valence-electron chi connectivity index (χ1n) is 5.38. The van der Waals surface area contributed by atoms with Crippen LogP contribution in [-0.2, 0) is 6.42 Å². The van der Waals surface area contributed by atoms with Gasteiger partial charge in [0.25, 0.3) is 0 Å². The highest BCUT2D eigenvalue weighted by Gasteiger charge is 2.07. The van der Waals surface area contributed by atoms with E-state index in [1.165, 1.54) is 12.1 Å². The van der Waals surface area contributed by atoms with Crippen LogP contribution in [0.4, 0.5) is 4.39 Å². The van der Waals surface area contributed by atoms with Crippen LogP contribution in [0.25, 0.3) is 0 Å². The lowest BCUT2D eigenvalue weighted by Crippen LogP contribution is -1.89. The number of ether oxygens (including phenoxy) is 1. The molecule has 0 radical (unpaired) electrons. The van der Waals surface area contributed by atoms with Gasteiger partial charge in [-0.2, -0.15) is 5.26 Å². The summed E-state index contributed by atoms with van der Waals surface area (Å²) in [6, 6.07) is 11.3. The van der Waals surface area contributed by atoms with E-state index in [2.05, 4.69) is 15.9 Å². The van der Waals surface area contributed by atoms with Gasteiger partial charge < -0.3 is 4.74 Å². The Morgan fingerprint density at radius 3 is 2.74 bits per heavy atom. The van der Waals surface area contributed by atoms with Crippen LogP contribution in [0.5, 0.6) is 11.5 Å². The fourth-order valence-electron chi connectivity index (χ4n) is 1.54. The zero-order valence-corrected chi connectivity index (χ0v) is 12.0. The third kappa shape index (κ3) is 3.69. The van der Waals surface area contributed by atoms with Crippen LogP contribution < -0.4 is 4.74 Å². The van der Waals surface area contributed by atoms with E-state index in [1.54, 1.807) is 24.3 Å². The van der Waals surface area contributed by atoms with Gasteiger partial charge in [0.1, 0.15) is 17.3 Å². The molecule has 19 heavy (non-hydrogen) atoms. The van der Waals surface area contributed by atoms with Crippen molar-refractivity contribution >= 4 is 27.5 Å². The fraction of sp³-hybridized carbons (Fsp3) is 0.0714. The van der Waals surface area contributed by atoms with Crippen molar-refractivity contribution in [2.75, 3.05) is 0 Å². The van der Waals surface area contributed by atoms with Crippen molar-refractivity contribution in [1.29, 1.82) is 5.26 Å². The molecular weight excluding hydrogens is 333 g/mol. The van der Waals surface area contributed by atoms with Crippen molar-refractivity contribution in [2.24, 2.45) is 0 Å². The summed E-state index contributed by atoms with van der Waals surface area (Å²) in [5.41, 5.74) is 0.789. The van der Waals surface area contributed by atoms with Crippen LogP contribution in [0.2, 0.25) is 5.02 Å². The quantitative estimate of drug-likeness (QED) is 0.778. The molecule has 0 atom stereocenters. The molecule has 0 spiro atoms. The maximum absolute atomic E-state index is 13.2. The molecule has 96 valence electrons. The Hall–Kier alpha value is -1.57. The maximum atomic E-state index is 13.2. The number of hydrogen-bond acceptors (Lipinski definition) is 2. The fourth-order valence-corrected chi connectivity index (χ4v) is 2.14. The SMILES string of the molecule is N#CCc1ccc(Cl)c(Oc2cc(F)cc(Br)c2)c1. The van der Waals surface area contributed by atoms with Gasteiger partial charge in [-0.15, -0.1) is 0 Å². The van der Waals surface area contributed by atoms with Gasteiger partial charge in [-0.25, -0.2) is 4.39 Å². The summed E-state index contributed by atoms with van der Waals surface area (Å²) in [7, 11) is 0. The Bertz CT molecular complexity index is 634. The lowest BCUT2D eigenvalue weighted by molar-refractivity contribution is 0.476. The lowest BCUT2D eigenvalue weighted by atomic mass is 10.1. The molecule has 2 nitrogen and oxygen atoms in total. The first-order chi connectivity index (χ1) is 9.08. The molecule has 0 N–H and O–H groups in total. The molecule has 0 unspecified atom stereocenters. The third-order valence-corrected chi connectivity index (χ3v) is 3.11. The van der Waals surface area contributed by atoms with Crippen LogP contribution in [-0.4, -0.2) is 0 Å². The highest BCUT2D eigenvalue weighted by atomic mass is 79.9. The molecule has 0 saturated carbocycles. The molecule has 0 fully saturated rings. The van der Waals surface area contributed by atoms with Gasteiger partial charge in [-0.1, -0.05) is 33.6 Å². The van der Waals surface area contributed by atoms with Crippen LogP contribution in [0, 0.1) is 17.1 Å².